The molecule has 1 heterocycles. The summed E-state index contributed by atoms with van der Waals surface area (Å²) in [4.78, 5) is 6.87. The van der Waals surface area contributed by atoms with Gasteiger partial charge in [-0.2, -0.15) is 0 Å². The van der Waals surface area contributed by atoms with E-state index in [4.69, 9.17) is 0 Å². The van der Waals surface area contributed by atoms with Gasteiger partial charge in [0.05, 0.1) is 0 Å². The Morgan fingerprint density at radius 2 is 2.05 bits per heavy atom. The summed E-state index contributed by atoms with van der Waals surface area (Å²) >= 11 is 3.52. The van der Waals surface area contributed by atoms with E-state index in [2.05, 4.69) is 78.9 Å². The second kappa shape index (κ2) is 7.41. The van der Waals surface area contributed by atoms with Gasteiger partial charge in [-0.15, -0.1) is 0 Å². The number of hydrogen-bond acceptors (Lipinski definition) is 3. The molecule has 0 bridgehead atoms. The summed E-state index contributed by atoms with van der Waals surface area (Å²) in [5.74, 6) is 1.75. The Kier molecular flexibility index (Phi) is 6.46. The van der Waals surface area contributed by atoms with Gasteiger partial charge in [-0.3, -0.25) is 0 Å². The highest BCUT2D eigenvalue weighted by Gasteiger charge is 2.15. The monoisotopic (exact) mass is 341 g/mol. The van der Waals surface area contributed by atoms with Gasteiger partial charge in [0.1, 0.15) is 5.82 Å². The van der Waals surface area contributed by atoms with Crippen LogP contribution in [0.15, 0.2) is 16.7 Å². The lowest BCUT2D eigenvalue weighted by atomic mass is 10.1. The van der Waals surface area contributed by atoms with E-state index < -0.39 is 0 Å². The average molecular weight is 342 g/mol. The summed E-state index contributed by atoms with van der Waals surface area (Å²) in [7, 11) is 2.13. The summed E-state index contributed by atoms with van der Waals surface area (Å²) in [5.41, 5.74) is 1.34. The fourth-order valence-corrected chi connectivity index (χ4v) is 2.37. The highest BCUT2D eigenvalue weighted by atomic mass is 79.9. The molecule has 0 fully saturated rings. The van der Waals surface area contributed by atoms with Crippen LogP contribution in [0.4, 0.5) is 5.82 Å². The minimum Gasteiger partial charge on any atom is -0.359 e. The molecule has 114 valence electrons. The van der Waals surface area contributed by atoms with Gasteiger partial charge >= 0.3 is 0 Å². The SMILES string of the molecule is CCC(C)CN(C)c1ncc(Br)cc1CNC(C)(C)C. The fraction of sp³-hybridized carbons (Fsp3) is 0.688. The van der Waals surface area contributed by atoms with Crippen molar-refractivity contribution in [3.63, 3.8) is 0 Å². The summed E-state index contributed by atoms with van der Waals surface area (Å²) < 4.78 is 1.03. The smallest absolute Gasteiger partial charge is 0.132 e. The molecule has 1 rings (SSSR count). The molecule has 0 radical (unpaired) electrons. The molecule has 0 aliphatic carbocycles. The number of halogens is 1. The average Bonchev–Trinajstić information content (AvgIpc) is 2.35. The van der Waals surface area contributed by atoms with Gasteiger partial charge in [0, 0.05) is 41.9 Å². The maximum absolute atomic E-state index is 4.61. The summed E-state index contributed by atoms with van der Waals surface area (Å²) in [6, 6.07) is 2.16. The summed E-state index contributed by atoms with van der Waals surface area (Å²) in [6.07, 6.45) is 3.07. The normalized spacial score (nSPS) is 13.3. The highest BCUT2D eigenvalue weighted by molar-refractivity contribution is 9.10. The molecule has 1 aromatic heterocycles. The van der Waals surface area contributed by atoms with Crippen LogP contribution >= 0.6 is 15.9 Å². The Balaban J connectivity index is 2.89. The van der Waals surface area contributed by atoms with E-state index in [-0.39, 0.29) is 5.54 Å². The molecule has 1 aromatic rings. The van der Waals surface area contributed by atoms with E-state index in [1.165, 1.54) is 12.0 Å². The van der Waals surface area contributed by atoms with Gasteiger partial charge in [-0.05, 0) is 48.7 Å². The molecule has 1 atom stereocenters. The zero-order valence-electron chi connectivity index (χ0n) is 13.6. The van der Waals surface area contributed by atoms with Crippen LogP contribution in [0.5, 0.6) is 0 Å². The number of nitrogens with zero attached hydrogens (tertiary/aromatic N) is 2. The molecule has 0 amide bonds. The lowest BCUT2D eigenvalue weighted by Gasteiger charge is -2.26. The number of hydrogen-bond donors (Lipinski definition) is 1. The van der Waals surface area contributed by atoms with Gasteiger partial charge in [0.25, 0.3) is 0 Å². The fourth-order valence-electron chi connectivity index (χ4n) is 1.99. The molecule has 1 N–H and O–H groups in total. The number of pyridine rings is 1. The third-order valence-electron chi connectivity index (χ3n) is 3.36. The number of nitrogens with one attached hydrogen (secondary N) is 1. The predicted molar refractivity (Wildman–Crippen MR) is 91.3 cm³/mol. The zero-order valence-corrected chi connectivity index (χ0v) is 15.2. The Hall–Kier alpha value is -0.610. The van der Waals surface area contributed by atoms with Gasteiger partial charge in [0.2, 0.25) is 0 Å². The van der Waals surface area contributed by atoms with Crippen LogP contribution in [0.2, 0.25) is 0 Å². The lowest BCUT2D eigenvalue weighted by Crippen LogP contribution is -2.36. The standard InChI is InChI=1S/C16H28BrN3/c1-7-12(2)11-20(6)15-13(8-14(17)10-18-15)9-19-16(3,4)5/h8,10,12,19H,7,9,11H2,1-6H3. The molecule has 0 aromatic carbocycles. The second-order valence-electron chi connectivity index (χ2n) is 6.63. The first-order chi connectivity index (χ1) is 9.23. The van der Waals surface area contributed by atoms with Crippen molar-refractivity contribution in [1.82, 2.24) is 10.3 Å². The van der Waals surface area contributed by atoms with E-state index in [1.54, 1.807) is 0 Å². The molecular formula is C16H28BrN3. The van der Waals surface area contributed by atoms with Crippen molar-refractivity contribution >= 4 is 21.7 Å². The molecule has 0 spiro atoms. The maximum Gasteiger partial charge on any atom is 0.132 e. The van der Waals surface area contributed by atoms with Crippen molar-refractivity contribution in [2.45, 2.75) is 53.1 Å². The Morgan fingerprint density at radius 3 is 2.60 bits per heavy atom. The minimum absolute atomic E-state index is 0.106. The van der Waals surface area contributed by atoms with E-state index >= 15 is 0 Å². The molecular weight excluding hydrogens is 314 g/mol. The summed E-state index contributed by atoms with van der Waals surface area (Å²) in [6.45, 7) is 12.9. The van der Waals surface area contributed by atoms with Crippen molar-refractivity contribution in [1.29, 1.82) is 0 Å². The first kappa shape index (κ1) is 17.4. The van der Waals surface area contributed by atoms with E-state index in [9.17, 15) is 0 Å². The Labute approximate surface area is 132 Å². The topological polar surface area (TPSA) is 28.2 Å². The third-order valence-corrected chi connectivity index (χ3v) is 3.80. The maximum atomic E-state index is 4.61. The van der Waals surface area contributed by atoms with Gasteiger partial charge in [0.15, 0.2) is 0 Å². The predicted octanol–water partition coefficient (Wildman–Crippen LogP) is 4.21. The van der Waals surface area contributed by atoms with E-state index in [1.807, 2.05) is 6.20 Å². The Bertz CT molecular complexity index is 426. The minimum atomic E-state index is 0.106. The molecule has 4 heteroatoms. The molecule has 0 saturated carbocycles. The van der Waals surface area contributed by atoms with Crippen molar-refractivity contribution in [3.8, 4) is 0 Å². The van der Waals surface area contributed by atoms with Crippen molar-refractivity contribution in [3.05, 3.63) is 22.3 Å². The van der Waals surface area contributed by atoms with Gasteiger partial charge in [-0.1, -0.05) is 20.3 Å². The van der Waals surface area contributed by atoms with Crippen molar-refractivity contribution in [2.24, 2.45) is 5.92 Å². The first-order valence-electron chi connectivity index (χ1n) is 7.33. The molecule has 1 unspecified atom stereocenters. The van der Waals surface area contributed by atoms with Crippen molar-refractivity contribution in [2.75, 3.05) is 18.5 Å². The van der Waals surface area contributed by atoms with Gasteiger partial charge < -0.3 is 10.2 Å². The van der Waals surface area contributed by atoms with E-state index in [0.717, 1.165) is 23.4 Å². The largest absolute Gasteiger partial charge is 0.359 e. The van der Waals surface area contributed by atoms with Crippen LogP contribution in [0.3, 0.4) is 0 Å². The van der Waals surface area contributed by atoms with Crippen LogP contribution in [0.25, 0.3) is 0 Å². The molecule has 20 heavy (non-hydrogen) atoms. The molecule has 0 aliphatic rings. The van der Waals surface area contributed by atoms with E-state index in [0.29, 0.717) is 5.92 Å². The highest BCUT2D eigenvalue weighted by Crippen LogP contribution is 2.22. The quantitative estimate of drug-likeness (QED) is 0.839. The number of rotatable bonds is 6. The Morgan fingerprint density at radius 1 is 1.40 bits per heavy atom. The van der Waals surface area contributed by atoms with Crippen LogP contribution < -0.4 is 10.2 Å². The summed E-state index contributed by atoms with van der Waals surface area (Å²) in [5, 5.41) is 3.54. The lowest BCUT2D eigenvalue weighted by molar-refractivity contribution is 0.423. The van der Waals surface area contributed by atoms with Crippen LogP contribution in [-0.4, -0.2) is 24.1 Å². The molecule has 0 aliphatic heterocycles. The van der Waals surface area contributed by atoms with Crippen LogP contribution in [0.1, 0.15) is 46.6 Å². The molecule has 0 saturated heterocycles. The van der Waals surface area contributed by atoms with Crippen LogP contribution in [-0.2, 0) is 6.54 Å². The number of anilines is 1. The van der Waals surface area contributed by atoms with Crippen LogP contribution in [0, 0.1) is 5.92 Å². The second-order valence-corrected chi connectivity index (χ2v) is 7.55. The number of aromatic nitrogens is 1. The third kappa shape index (κ3) is 5.80. The van der Waals surface area contributed by atoms with Gasteiger partial charge in [-0.25, -0.2) is 4.98 Å². The molecule has 3 nitrogen and oxygen atoms in total. The van der Waals surface area contributed by atoms with Crippen molar-refractivity contribution < 1.29 is 0 Å². The first-order valence-corrected chi connectivity index (χ1v) is 8.12. The zero-order chi connectivity index (χ0) is 15.3.